The van der Waals surface area contributed by atoms with E-state index in [0.717, 1.165) is 31.5 Å². The molecule has 1 fully saturated rings. The number of amides is 1. The molecular formula is C18H27N5O2. The van der Waals surface area contributed by atoms with Crippen molar-refractivity contribution in [2.75, 3.05) is 0 Å². The number of nitrogens with one attached hydrogen (secondary N) is 1. The molecule has 0 aliphatic heterocycles. The SMILES string of the molecule is Cc1nc(C2(NC(=O)Cn3ccnc3C(C)C)CCCCCC2)no1. The van der Waals surface area contributed by atoms with E-state index in [1.165, 1.54) is 12.8 Å². The third kappa shape index (κ3) is 3.91. The average molecular weight is 345 g/mol. The van der Waals surface area contributed by atoms with Gasteiger partial charge in [-0.25, -0.2) is 4.98 Å². The molecule has 25 heavy (non-hydrogen) atoms. The summed E-state index contributed by atoms with van der Waals surface area (Å²) in [6.45, 7) is 6.19. The lowest BCUT2D eigenvalue weighted by molar-refractivity contribution is -0.124. The first kappa shape index (κ1) is 17.6. The van der Waals surface area contributed by atoms with Gasteiger partial charge in [-0.15, -0.1) is 0 Å². The topological polar surface area (TPSA) is 85.8 Å². The highest BCUT2D eigenvalue weighted by Crippen LogP contribution is 2.34. The second-order valence-electron chi connectivity index (χ2n) is 7.25. The molecule has 0 saturated heterocycles. The van der Waals surface area contributed by atoms with Gasteiger partial charge in [-0.2, -0.15) is 4.98 Å². The molecule has 1 N–H and O–H groups in total. The minimum absolute atomic E-state index is 0.0377. The number of carbonyl (C=O) groups is 1. The van der Waals surface area contributed by atoms with E-state index in [1.54, 1.807) is 13.1 Å². The van der Waals surface area contributed by atoms with Gasteiger partial charge in [0, 0.05) is 25.2 Å². The van der Waals surface area contributed by atoms with E-state index in [1.807, 2.05) is 10.8 Å². The molecule has 7 nitrogen and oxygen atoms in total. The maximum atomic E-state index is 12.8. The molecule has 2 aromatic heterocycles. The standard InChI is InChI=1S/C18H27N5O2/c1-13(2)16-19-10-11-23(16)12-15(24)21-18(8-6-4-5-7-9-18)17-20-14(3)25-22-17/h10-11,13H,4-9,12H2,1-3H3,(H,21,24). The molecule has 7 heteroatoms. The molecule has 1 aliphatic carbocycles. The normalized spacial score (nSPS) is 17.4. The second kappa shape index (κ2) is 7.37. The summed E-state index contributed by atoms with van der Waals surface area (Å²) in [5.74, 6) is 2.29. The molecular weight excluding hydrogens is 318 g/mol. The molecule has 2 heterocycles. The van der Waals surface area contributed by atoms with Crippen molar-refractivity contribution in [1.82, 2.24) is 25.0 Å². The smallest absolute Gasteiger partial charge is 0.240 e. The number of hydrogen-bond donors (Lipinski definition) is 1. The molecule has 0 aromatic carbocycles. The van der Waals surface area contributed by atoms with E-state index in [-0.39, 0.29) is 18.4 Å². The number of nitrogens with zero attached hydrogens (tertiary/aromatic N) is 4. The highest BCUT2D eigenvalue weighted by atomic mass is 16.5. The maximum absolute atomic E-state index is 12.8. The van der Waals surface area contributed by atoms with Crippen molar-refractivity contribution in [3.8, 4) is 0 Å². The zero-order valence-corrected chi connectivity index (χ0v) is 15.3. The van der Waals surface area contributed by atoms with Gasteiger partial charge in [-0.3, -0.25) is 4.79 Å². The number of aryl methyl sites for hydroxylation is 1. The molecule has 1 amide bonds. The molecule has 0 bridgehead atoms. The lowest BCUT2D eigenvalue weighted by Crippen LogP contribution is -2.47. The van der Waals surface area contributed by atoms with E-state index in [9.17, 15) is 4.79 Å². The first-order valence-electron chi connectivity index (χ1n) is 9.13. The summed E-state index contributed by atoms with van der Waals surface area (Å²) in [6.07, 6.45) is 9.74. The minimum atomic E-state index is -0.524. The fourth-order valence-electron chi connectivity index (χ4n) is 3.65. The molecule has 1 saturated carbocycles. The van der Waals surface area contributed by atoms with Gasteiger partial charge < -0.3 is 14.4 Å². The van der Waals surface area contributed by atoms with Gasteiger partial charge in [0.2, 0.25) is 11.8 Å². The summed E-state index contributed by atoms with van der Waals surface area (Å²) in [6, 6.07) is 0. The fraction of sp³-hybridized carbons (Fsp3) is 0.667. The van der Waals surface area contributed by atoms with Crippen LogP contribution >= 0.6 is 0 Å². The Morgan fingerprint density at radius 2 is 2.04 bits per heavy atom. The predicted molar refractivity (Wildman–Crippen MR) is 92.9 cm³/mol. The van der Waals surface area contributed by atoms with E-state index >= 15 is 0 Å². The van der Waals surface area contributed by atoms with Crippen LogP contribution in [0.2, 0.25) is 0 Å². The Morgan fingerprint density at radius 1 is 1.32 bits per heavy atom. The summed E-state index contributed by atoms with van der Waals surface area (Å²) in [4.78, 5) is 21.6. The van der Waals surface area contributed by atoms with Crippen LogP contribution in [0.15, 0.2) is 16.9 Å². The first-order chi connectivity index (χ1) is 12.0. The van der Waals surface area contributed by atoms with Crippen molar-refractivity contribution in [1.29, 1.82) is 0 Å². The van der Waals surface area contributed by atoms with Crippen LogP contribution in [0.25, 0.3) is 0 Å². The Kier molecular flexibility index (Phi) is 5.20. The van der Waals surface area contributed by atoms with Crippen molar-refractivity contribution in [3.63, 3.8) is 0 Å². The third-order valence-corrected chi connectivity index (χ3v) is 4.87. The second-order valence-corrected chi connectivity index (χ2v) is 7.25. The summed E-state index contributed by atoms with van der Waals surface area (Å²) >= 11 is 0. The number of rotatable bonds is 5. The number of hydrogen-bond acceptors (Lipinski definition) is 5. The number of aromatic nitrogens is 4. The molecule has 1 aliphatic rings. The molecule has 0 spiro atoms. The quantitative estimate of drug-likeness (QED) is 0.842. The monoisotopic (exact) mass is 345 g/mol. The number of imidazole rings is 1. The Hall–Kier alpha value is -2.18. The average Bonchev–Trinajstić information content (AvgIpc) is 3.13. The van der Waals surface area contributed by atoms with Gasteiger partial charge in [0.1, 0.15) is 17.9 Å². The Balaban J connectivity index is 1.80. The van der Waals surface area contributed by atoms with Crippen LogP contribution in [-0.4, -0.2) is 25.6 Å². The highest BCUT2D eigenvalue weighted by Gasteiger charge is 2.38. The van der Waals surface area contributed by atoms with E-state index < -0.39 is 5.54 Å². The molecule has 3 rings (SSSR count). The van der Waals surface area contributed by atoms with Crippen LogP contribution in [0.1, 0.15) is 75.8 Å². The highest BCUT2D eigenvalue weighted by molar-refractivity contribution is 5.76. The van der Waals surface area contributed by atoms with Crippen molar-refractivity contribution in [2.24, 2.45) is 0 Å². The summed E-state index contributed by atoms with van der Waals surface area (Å²) < 4.78 is 7.10. The van der Waals surface area contributed by atoms with Crippen molar-refractivity contribution in [2.45, 2.75) is 77.3 Å². The largest absolute Gasteiger partial charge is 0.342 e. The lowest BCUT2D eigenvalue weighted by Gasteiger charge is -2.31. The molecule has 0 unspecified atom stereocenters. The first-order valence-corrected chi connectivity index (χ1v) is 9.13. The zero-order valence-electron chi connectivity index (χ0n) is 15.3. The van der Waals surface area contributed by atoms with Crippen molar-refractivity contribution < 1.29 is 9.32 Å². The van der Waals surface area contributed by atoms with Gasteiger partial charge in [-0.05, 0) is 12.8 Å². The minimum Gasteiger partial charge on any atom is -0.342 e. The van der Waals surface area contributed by atoms with Gasteiger partial charge >= 0.3 is 0 Å². The predicted octanol–water partition coefficient (Wildman–Crippen LogP) is 3.06. The lowest BCUT2D eigenvalue weighted by atomic mass is 9.89. The van der Waals surface area contributed by atoms with Crippen molar-refractivity contribution in [3.05, 3.63) is 29.9 Å². The Bertz CT molecular complexity index is 711. The van der Waals surface area contributed by atoms with Crippen molar-refractivity contribution >= 4 is 5.91 Å². The van der Waals surface area contributed by atoms with Crippen LogP contribution in [-0.2, 0) is 16.9 Å². The van der Waals surface area contributed by atoms with Crippen LogP contribution < -0.4 is 5.32 Å². The maximum Gasteiger partial charge on any atom is 0.240 e. The van der Waals surface area contributed by atoms with Gasteiger partial charge in [0.25, 0.3) is 0 Å². The Labute approximate surface area is 148 Å². The molecule has 2 aromatic rings. The Morgan fingerprint density at radius 3 is 2.64 bits per heavy atom. The van der Waals surface area contributed by atoms with Crippen LogP contribution in [0.4, 0.5) is 0 Å². The van der Waals surface area contributed by atoms with Crippen LogP contribution in [0, 0.1) is 6.92 Å². The molecule has 0 radical (unpaired) electrons. The summed E-state index contributed by atoms with van der Waals surface area (Å²) in [5.41, 5.74) is -0.524. The fourth-order valence-corrected chi connectivity index (χ4v) is 3.65. The van der Waals surface area contributed by atoms with E-state index in [4.69, 9.17) is 4.52 Å². The third-order valence-electron chi connectivity index (χ3n) is 4.87. The van der Waals surface area contributed by atoms with Gasteiger partial charge in [-0.1, -0.05) is 44.7 Å². The number of carbonyl (C=O) groups excluding carboxylic acids is 1. The summed E-state index contributed by atoms with van der Waals surface area (Å²) in [7, 11) is 0. The van der Waals surface area contributed by atoms with Crippen LogP contribution in [0.3, 0.4) is 0 Å². The van der Waals surface area contributed by atoms with Gasteiger partial charge in [0.15, 0.2) is 5.82 Å². The zero-order chi connectivity index (χ0) is 17.9. The van der Waals surface area contributed by atoms with Gasteiger partial charge in [0.05, 0.1) is 0 Å². The van der Waals surface area contributed by atoms with E-state index in [0.29, 0.717) is 11.7 Å². The molecule has 0 atom stereocenters. The van der Waals surface area contributed by atoms with Crippen LogP contribution in [0.5, 0.6) is 0 Å². The van der Waals surface area contributed by atoms with E-state index in [2.05, 4.69) is 34.3 Å². The summed E-state index contributed by atoms with van der Waals surface area (Å²) in [5, 5.41) is 7.36. The molecule has 136 valence electrons.